The second-order valence-corrected chi connectivity index (χ2v) is 11.8. The van der Waals surface area contributed by atoms with Crippen LogP contribution in [0.25, 0.3) is 0 Å². The van der Waals surface area contributed by atoms with Crippen LogP contribution in [0.1, 0.15) is 18.1 Å². The molecule has 10 heteroatoms. The smallest absolute Gasteiger partial charge is 0.264 e. The number of nitrogens with zero attached hydrogens (tertiary/aromatic N) is 2. The zero-order valence-electron chi connectivity index (χ0n) is 25.1. The molecule has 0 saturated heterocycles. The van der Waals surface area contributed by atoms with Crippen LogP contribution in [0.2, 0.25) is 0 Å². The predicted molar refractivity (Wildman–Crippen MR) is 170 cm³/mol. The third-order valence-corrected chi connectivity index (χ3v) is 8.87. The van der Waals surface area contributed by atoms with Gasteiger partial charge in [-0.05, 0) is 54.4 Å². The number of likely N-dealkylation sites (N-methyl/N-ethyl adjacent to an activating group) is 1. The fourth-order valence-corrected chi connectivity index (χ4v) is 6.27. The zero-order chi connectivity index (χ0) is 31.5. The first-order valence-electron chi connectivity index (χ1n) is 14.2. The van der Waals surface area contributed by atoms with Crippen molar-refractivity contribution in [2.75, 3.05) is 31.6 Å². The third-order valence-electron chi connectivity index (χ3n) is 7.10. The lowest BCUT2D eigenvalue weighted by molar-refractivity contribution is -0.140. The van der Waals surface area contributed by atoms with Gasteiger partial charge in [0.1, 0.15) is 24.1 Å². The molecule has 44 heavy (non-hydrogen) atoms. The van der Waals surface area contributed by atoms with Gasteiger partial charge in [0, 0.05) is 19.5 Å². The Morgan fingerprint density at radius 3 is 1.95 bits per heavy atom. The number of benzene rings is 4. The number of para-hydroxylation sites is 2. The topological polar surface area (TPSA) is 105 Å². The molecule has 0 radical (unpaired) electrons. The molecule has 9 nitrogen and oxygen atoms in total. The molecular weight excluding hydrogens is 578 g/mol. The number of carbonyl (C=O) groups is 2. The molecule has 4 aromatic carbocycles. The van der Waals surface area contributed by atoms with Crippen molar-refractivity contribution in [3.8, 4) is 11.5 Å². The maximum absolute atomic E-state index is 14.4. The van der Waals surface area contributed by atoms with Gasteiger partial charge in [-0.1, -0.05) is 72.8 Å². The van der Waals surface area contributed by atoms with E-state index in [0.29, 0.717) is 12.3 Å². The summed E-state index contributed by atoms with van der Waals surface area (Å²) in [6.45, 7) is 1.70. The molecule has 0 spiro atoms. The van der Waals surface area contributed by atoms with Gasteiger partial charge in [0.25, 0.3) is 10.0 Å². The average molecular weight is 616 g/mol. The Kier molecular flexibility index (Phi) is 11.0. The summed E-state index contributed by atoms with van der Waals surface area (Å²) in [4.78, 5) is 29.4. The van der Waals surface area contributed by atoms with E-state index in [2.05, 4.69) is 5.32 Å². The molecule has 0 aliphatic carbocycles. The summed E-state index contributed by atoms with van der Waals surface area (Å²) in [6.07, 6.45) is 0.241. The number of sulfonamides is 1. The lowest BCUT2D eigenvalue weighted by Gasteiger charge is -2.34. The highest BCUT2D eigenvalue weighted by atomic mass is 32.2. The maximum atomic E-state index is 14.4. The molecule has 1 atom stereocenters. The highest BCUT2D eigenvalue weighted by molar-refractivity contribution is 7.92. The van der Waals surface area contributed by atoms with Gasteiger partial charge in [0.15, 0.2) is 0 Å². The van der Waals surface area contributed by atoms with E-state index in [-0.39, 0.29) is 35.2 Å². The van der Waals surface area contributed by atoms with Gasteiger partial charge in [-0.2, -0.15) is 0 Å². The van der Waals surface area contributed by atoms with E-state index >= 15 is 0 Å². The second-order valence-electron chi connectivity index (χ2n) is 9.97. The van der Waals surface area contributed by atoms with Crippen LogP contribution in [0.3, 0.4) is 0 Å². The van der Waals surface area contributed by atoms with Crippen LogP contribution >= 0.6 is 0 Å². The first-order chi connectivity index (χ1) is 21.3. The van der Waals surface area contributed by atoms with Gasteiger partial charge in [-0.15, -0.1) is 0 Å². The van der Waals surface area contributed by atoms with Crippen LogP contribution in [0, 0.1) is 0 Å². The van der Waals surface area contributed by atoms with E-state index in [9.17, 15) is 18.0 Å². The van der Waals surface area contributed by atoms with Crippen molar-refractivity contribution in [1.82, 2.24) is 10.2 Å². The highest BCUT2D eigenvalue weighted by Crippen LogP contribution is 2.33. The summed E-state index contributed by atoms with van der Waals surface area (Å²) in [6, 6.07) is 30.4. The first kappa shape index (κ1) is 32.1. The van der Waals surface area contributed by atoms with Gasteiger partial charge < -0.3 is 19.7 Å². The molecule has 0 unspecified atom stereocenters. The van der Waals surface area contributed by atoms with E-state index in [4.69, 9.17) is 9.47 Å². The van der Waals surface area contributed by atoms with Crippen molar-refractivity contribution in [2.45, 2.75) is 30.8 Å². The van der Waals surface area contributed by atoms with Crippen LogP contribution in [-0.2, 0) is 32.6 Å². The number of amides is 2. The van der Waals surface area contributed by atoms with Crippen molar-refractivity contribution in [3.63, 3.8) is 0 Å². The van der Waals surface area contributed by atoms with E-state index in [0.717, 1.165) is 15.4 Å². The average Bonchev–Trinajstić information content (AvgIpc) is 3.06. The Morgan fingerprint density at radius 2 is 1.36 bits per heavy atom. The first-order valence-corrected chi connectivity index (χ1v) is 15.7. The number of hydrogen-bond acceptors (Lipinski definition) is 6. The summed E-state index contributed by atoms with van der Waals surface area (Å²) in [5, 5.41) is 2.86. The monoisotopic (exact) mass is 615 g/mol. The largest absolute Gasteiger partial charge is 0.497 e. The molecule has 0 aliphatic rings. The van der Waals surface area contributed by atoms with E-state index in [1.54, 1.807) is 36.4 Å². The molecule has 0 bridgehead atoms. The molecule has 230 valence electrons. The Labute approximate surface area is 259 Å². The summed E-state index contributed by atoms with van der Waals surface area (Å²) in [7, 11) is -1.35. The number of carbonyl (C=O) groups excluding carboxylic acids is 2. The minimum absolute atomic E-state index is 0.0313. The summed E-state index contributed by atoms with van der Waals surface area (Å²) >= 11 is 0. The lowest BCUT2D eigenvalue weighted by Crippen LogP contribution is -2.53. The third kappa shape index (κ3) is 7.76. The number of rotatable bonds is 14. The number of ether oxygens (including phenoxy) is 2. The van der Waals surface area contributed by atoms with Crippen molar-refractivity contribution < 1.29 is 27.5 Å². The second kappa shape index (κ2) is 15.1. The van der Waals surface area contributed by atoms with E-state index < -0.39 is 28.5 Å². The quantitative estimate of drug-likeness (QED) is 0.221. The van der Waals surface area contributed by atoms with Gasteiger partial charge in [-0.25, -0.2) is 8.42 Å². The minimum atomic E-state index is -4.28. The fraction of sp³-hybridized carbons (Fsp3) is 0.235. The van der Waals surface area contributed by atoms with Gasteiger partial charge in [0.05, 0.1) is 24.8 Å². The molecule has 0 heterocycles. The van der Waals surface area contributed by atoms with Crippen LogP contribution in [0.5, 0.6) is 11.5 Å². The van der Waals surface area contributed by atoms with Crippen molar-refractivity contribution in [1.29, 1.82) is 0 Å². The van der Waals surface area contributed by atoms with E-state index in [1.807, 2.05) is 67.6 Å². The Balaban J connectivity index is 1.81. The number of anilines is 1. The van der Waals surface area contributed by atoms with Gasteiger partial charge in [-0.3, -0.25) is 13.9 Å². The lowest BCUT2D eigenvalue weighted by atomic mass is 10.0. The predicted octanol–water partition coefficient (Wildman–Crippen LogP) is 4.68. The van der Waals surface area contributed by atoms with Crippen LogP contribution in [0.4, 0.5) is 5.69 Å². The fourth-order valence-electron chi connectivity index (χ4n) is 4.85. The Bertz CT molecular complexity index is 1630. The number of nitrogens with one attached hydrogen (secondary N) is 1. The SMILES string of the molecule is CCNC(=O)[C@H](Cc1ccccc1)N(Cc1ccccc1)C(=O)CN(c1ccccc1OC)S(=O)(=O)c1ccc(OC)cc1. The molecule has 1 N–H and O–H groups in total. The standard InChI is InChI=1S/C34H37N3O6S/c1-4-35-34(39)31(23-26-13-7-5-8-14-26)36(24-27-15-9-6-10-16-27)33(38)25-37(30-17-11-12-18-32(30)43-3)44(40,41)29-21-19-28(42-2)20-22-29/h5-22,31H,4,23-25H2,1-3H3,(H,35,39)/t31-/m0/s1. The Hall–Kier alpha value is -4.83. The van der Waals surface area contributed by atoms with Crippen LogP contribution in [0.15, 0.2) is 114 Å². The number of hydrogen-bond donors (Lipinski definition) is 1. The Morgan fingerprint density at radius 1 is 0.773 bits per heavy atom. The molecule has 4 rings (SSSR count). The van der Waals surface area contributed by atoms with Crippen molar-refractivity contribution in [2.24, 2.45) is 0 Å². The zero-order valence-corrected chi connectivity index (χ0v) is 25.9. The molecular formula is C34H37N3O6S. The van der Waals surface area contributed by atoms with Crippen LogP contribution < -0.4 is 19.1 Å². The minimum Gasteiger partial charge on any atom is -0.497 e. The summed E-state index contributed by atoms with van der Waals surface area (Å²) in [5.41, 5.74) is 1.85. The molecule has 0 saturated carbocycles. The molecule has 2 amide bonds. The van der Waals surface area contributed by atoms with Crippen LogP contribution in [-0.4, -0.2) is 58.5 Å². The normalized spacial score (nSPS) is 11.7. The molecule has 0 aromatic heterocycles. The van der Waals surface area contributed by atoms with E-state index in [1.165, 1.54) is 31.3 Å². The molecule has 0 fully saturated rings. The van der Waals surface area contributed by atoms with Gasteiger partial charge >= 0.3 is 0 Å². The van der Waals surface area contributed by atoms with Crippen molar-refractivity contribution >= 4 is 27.5 Å². The highest BCUT2D eigenvalue weighted by Gasteiger charge is 2.35. The van der Waals surface area contributed by atoms with Gasteiger partial charge in [0.2, 0.25) is 11.8 Å². The van der Waals surface area contributed by atoms with Crippen molar-refractivity contribution in [3.05, 3.63) is 120 Å². The molecule has 0 aliphatic heterocycles. The molecule has 4 aromatic rings. The summed E-state index contributed by atoms with van der Waals surface area (Å²) < 4.78 is 40.1. The maximum Gasteiger partial charge on any atom is 0.264 e. The summed E-state index contributed by atoms with van der Waals surface area (Å²) in [5.74, 6) is -0.119. The number of methoxy groups -OCH3 is 2.